The molecule has 1 atom stereocenters. The van der Waals surface area contributed by atoms with Gasteiger partial charge in [-0.2, -0.15) is 4.31 Å². The molecular formula is C10H14N2O5S. The maximum Gasteiger partial charge on any atom is 0.322 e. The van der Waals surface area contributed by atoms with E-state index in [9.17, 15) is 13.2 Å². The molecule has 1 aromatic rings. The number of nitrogens with zero attached hydrogens (tertiary/aromatic N) is 2. The quantitative estimate of drug-likeness (QED) is 0.850. The lowest BCUT2D eigenvalue weighted by Crippen LogP contribution is -2.40. The van der Waals surface area contributed by atoms with Crippen molar-refractivity contribution in [1.82, 2.24) is 9.46 Å². The number of aliphatic carboxylic acids is 1. The second kappa shape index (κ2) is 4.69. The fourth-order valence-corrected chi connectivity index (χ4v) is 3.74. The highest BCUT2D eigenvalue weighted by atomic mass is 32.2. The van der Waals surface area contributed by atoms with E-state index in [1.165, 1.54) is 6.07 Å². The molecule has 0 amide bonds. The fourth-order valence-electron chi connectivity index (χ4n) is 2.08. The average Bonchev–Trinajstić information content (AvgIpc) is 2.86. The van der Waals surface area contributed by atoms with E-state index >= 15 is 0 Å². The standard InChI is InChI=1S/C10H14N2O5S/c1-7-5-8(11-17-7)6-18(15,16)12-4-2-3-9(12)10(13)14/h5,9H,2-4,6H2,1H3,(H,13,14). The summed E-state index contributed by atoms with van der Waals surface area (Å²) in [4.78, 5) is 11.0. The van der Waals surface area contributed by atoms with Crippen molar-refractivity contribution in [2.24, 2.45) is 0 Å². The summed E-state index contributed by atoms with van der Waals surface area (Å²) in [5.41, 5.74) is 0.295. The number of aryl methyl sites for hydroxylation is 1. The molecular weight excluding hydrogens is 260 g/mol. The molecule has 100 valence electrons. The smallest absolute Gasteiger partial charge is 0.322 e. The van der Waals surface area contributed by atoms with Gasteiger partial charge in [-0.3, -0.25) is 4.79 Å². The zero-order chi connectivity index (χ0) is 13.3. The molecule has 1 fully saturated rings. The van der Waals surface area contributed by atoms with Crippen molar-refractivity contribution in [1.29, 1.82) is 0 Å². The van der Waals surface area contributed by atoms with Crippen LogP contribution in [0.5, 0.6) is 0 Å². The number of rotatable bonds is 4. The molecule has 1 unspecified atom stereocenters. The van der Waals surface area contributed by atoms with E-state index in [2.05, 4.69) is 5.16 Å². The van der Waals surface area contributed by atoms with Gasteiger partial charge in [-0.15, -0.1) is 0 Å². The summed E-state index contributed by atoms with van der Waals surface area (Å²) in [5, 5.41) is 12.6. The maximum absolute atomic E-state index is 12.1. The highest BCUT2D eigenvalue weighted by molar-refractivity contribution is 7.88. The molecule has 1 aliphatic rings. The van der Waals surface area contributed by atoms with E-state index in [0.717, 1.165) is 4.31 Å². The summed E-state index contributed by atoms with van der Waals surface area (Å²) in [6.45, 7) is 1.91. The number of carboxylic acid groups (broad SMARTS) is 1. The minimum absolute atomic E-state index is 0.246. The number of hydrogen-bond acceptors (Lipinski definition) is 5. The third kappa shape index (κ3) is 2.54. The Morgan fingerprint density at radius 1 is 1.67 bits per heavy atom. The minimum atomic E-state index is -3.66. The van der Waals surface area contributed by atoms with E-state index in [1.54, 1.807) is 6.92 Å². The predicted molar refractivity (Wildman–Crippen MR) is 61.2 cm³/mol. The first kappa shape index (κ1) is 13.0. The molecule has 0 spiro atoms. The van der Waals surface area contributed by atoms with Gasteiger partial charge in [0.1, 0.15) is 23.2 Å². The summed E-state index contributed by atoms with van der Waals surface area (Å²) < 4.78 is 30.1. The van der Waals surface area contributed by atoms with Crippen LogP contribution in [-0.2, 0) is 20.6 Å². The number of carboxylic acids is 1. The van der Waals surface area contributed by atoms with E-state index < -0.39 is 22.0 Å². The second-order valence-electron chi connectivity index (χ2n) is 4.29. The lowest BCUT2D eigenvalue weighted by atomic mass is 10.2. The van der Waals surface area contributed by atoms with Gasteiger partial charge in [-0.1, -0.05) is 5.16 Å². The third-order valence-corrected chi connectivity index (χ3v) is 4.67. The normalized spacial score (nSPS) is 21.3. The van der Waals surface area contributed by atoms with E-state index in [-0.39, 0.29) is 12.3 Å². The summed E-state index contributed by atoms with van der Waals surface area (Å²) in [6, 6.07) is 0.576. The zero-order valence-electron chi connectivity index (χ0n) is 9.87. The van der Waals surface area contributed by atoms with Crippen LogP contribution in [0.1, 0.15) is 24.3 Å². The lowest BCUT2D eigenvalue weighted by Gasteiger charge is -2.20. The molecule has 2 heterocycles. The van der Waals surface area contributed by atoms with Gasteiger partial charge in [0.25, 0.3) is 0 Å². The Bertz CT molecular complexity index is 550. The van der Waals surface area contributed by atoms with Crippen molar-refractivity contribution < 1.29 is 22.8 Å². The third-order valence-electron chi connectivity index (χ3n) is 2.85. The first-order chi connectivity index (χ1) is 8.40. The topological polar surface area (TPSA) is 101 Å². The van der Waals surface area contributed by atoms with E-state index in [0.29, 0.717) is 24.3 Å². The maximum atomic E-state index is 12.1. The molecule has 0 radical (unpaired) electrons. The molecule has 18 heavy (non-hydrogen) atoms. The van der Waals surface area contributed by atoms with Gasteiger partial charge in [-0.25, -0.2) is 8.42 Å². The lowest BCUT2D eigenvalue weighted by molar-refractivity contribution is -0.140. The van der Waals surface area contributed by atoms with Crippen molar-refractivity contribution in [3.05, 3.63) is 17.5 Å². The van der Waals surface area contributed by atoms with Crippen LogP contribution >= 0.6 is 0 Å². The van der Waals surface area contributed by atoms with Crippen LogP contribution in [0.3, 0.4) is 0 Å². The van der Waals surface area contributed by atoms with Crippen molar-refractivity contribution >= 4 is 16.0 Å². The van der Waals surface area contributed by atoms with Gasteiger partial charge >= 0.3 is 5.97 Å². The van der Waals surface area contributed by atoms with Gasteiger partial charge in [0.2, 0.25) is 10.0 Å². The summed E-state index contributed by atoms with van der Waals surface area (Å²) in [5.74, 6) is -0.905. The van der Waals surface area contributed by atoms with Gasteiger partial charge in [-0.05, 0) is 19.8 Å². The number of carbonyl (C=O) groups is 1. The molecule has 1 saturated heterocycles. The van der Waals surface area contributed by atoms with Crippen LogP contribution in [0, 0.1) is 6.92 Å². The summed E-state index contributed by atoms with van der Waals surface area (Å²) >= 11 is 0. The van der Waals surface area contributed by atoms with E-state index in [1.807, 2.05) is 0 Å². The highest BCUT2D eigenvalue weighted by Crippen LogP contribution is 2.23. The highest BCUT2D eigenvalue weighted by Gasteiger charge is 2.38. The Morgan fingerprint density at radius 2 is 2.39 bits per heavy atom. The Labute approximate surface area is 104 Å². The molecule has 1 N–H and O–H groups in total. The molecule has 2 rings (SSSR count). The Balaban J connectivity index is 2.18. The predicted octanol–water partition coefficient (Wildman–Crippen LogP) is 0.362. The van der Waals surface area contributed by atoms with Crippen LogP contribution in [-0.4, -0.2) is 41.5 Å². The van der Waals surface area contributed by atoms with Crippen LogP contribution in [0.4, 0.5) is 0 Å². The van der Waals surface area contributed by atoms with Crippen LogP contribution in [0.2, 0.25) is 0 Å². The summed E-state index contributed by atoms with van der Waals surface area (Å²) in [7, 11) is -3.66. The molecule has 0 aliphatic carbocycles. The fraction of sp³-hybridized carbons (Fsp3) is 0.600. The molecule has 1 aromatic heterocycles. The SMILES string of the molecule is Cc1cc(CS(=O)(=O)N2CCCC2C(=O)O)no1. The van der Waals surface area contributed by atoms with Crippen LogP contribution in [0.15, 0.2) is 10.6 Å². The Kier molecular flexibility index (Phi) is 3.40. The minimum Gasteiger partial charge on any atom is -0.480 e. The summed E-state index contributed by atoms with van der Waals surface area (Å²) in [6.07, 6.45) is 0.917. The Morgan fingerprint density at radius 3 is 2.94 bits per heavy atom. The van der Waals surface area contributed by atoms with Crippen molar-refractivity contribution in [3.8, 4) is 0 Å². The zero-order valence-corrected chi connectivity index (χ0v) is 10.7. The van der Waals surface area contributed by atoms with Crippen LogP contribution < -0.4 is 0 Å². The first-order valence-electron chi connectivity index (χ1n) is 5.54. The van der Waals surface area contributed by atoms with Gasteiger partial charge in [0, 0.05) is 12.6 Å². The van der Waals surface area contributed by atoms with Gasteiger partial charge in [0.05, 0.1) is 0 Å². The molecule has 8 heteroatoms. The molecule has 7 nitrogen and oxygen atoms in total. The largest absolute Gasteiger partial charge is 0.480 e. The monoisotopic (exact) mass is 274 g/mol. The number of aromatic nitrogens is 1. The number of sulfonamides is 1. The second-order valence-corrected chi connectivity index (χ2v) is 6.21. The molecule has 0 bridgehead atoms. The molecule has 0 aromatic carbocycles. The van der Waals surface area contributed by atoms with E-state index in [4.69, 9.17) is 9.63 Å². The van der Waals surface area contributed by atoms with Gasteiger partial charge in [0.15, 0.2) is 0 Å². The molecule has 1 aliphatic heterocycles. The Hall–Kier alpha value is -1.41. The van der Waals surface area contributed by atoms with Crippen molar-refractivity contribution in [2.45, 2.75) is 31.6 Å². The average molecular weight is 274 g/mol. The first-order valence-corrected chi connectivity index (χ1v) is 7.15. The van der Waals surface area contributed by atoms with Crippen molar-refractivity contribution in [2.75, 3.05) is 6.54 Å². The van der Waals surface area contributed by atoms with Gasteiger partial charge < -0.3 is 9.63 Å². The number of hydrogen-bond donors (Lipinski definition) is 1. The van der Waals surface area contributed by atoms with Crippen molar-refractivity contribution in [3.63, 3.8) is 0 Å². The van der Waals surface area contributed by atoms with Crippen LogP contribution in [0.25, 0.3) is 0 Å². The molecule has 0 saturated carbocycles.